The van der Waals surface area contributed by atoms with Crippen molar-refractivity contribution in [1.29, 1.82) is 0 Å². The van der Waals surface area contributed by atoms with Gasteiger partial charge in [-0.1, -0.05) is 6.92 Å². The summed E-state index contributed by atoms with van der Waals surface area (Å²) in [7, 11) is 0. The number of carbonyl (C=O) groups is 2. The lowest BCUT2D eigenvalue weighted by molar-refractivity contribution is -0.145. The molecular formula is C15H18FNO3. The summed E-state index contributed by atoms with van der Waals surface area (Å²) < 4.78 is 13.0. The summed E-state index contributed by atoms with van der Waals surface area (Å²) in [5, 5.41) is 11.9. The molecule has 3 atom stereocenters. The Morgan fingerprint density at radius 2 is 1.95 bits per heavy atom. The van der Waals surface area contributed by atoms with Gasteiger partial charge in [-0.2, -0.15) is 0 Å². The van der Waals surface area contributed by atoms with Crippen LogP contribution in [0.3, 0.4) is 0 Å². The van der Waals surface area contributed by atoms with Gasteiger partial charge in [0.1, 0.15) is 5.82 Å². The van der Waals surface area contributed by atoms with E-state index in [1.165, 1.54) is 18.2 Å². The molecule has 3 unspecified atom stereocenters. The van der Waals surface area contributed by atoms with E-state index in [0.29, 0.717) is 24.1 Å². The summed E-state index contributed by atoms with van der Waals surface area (Å²) in [6.07, 6.45) is 1.10. The maximum atomic E-state index is 13.0. The predicted molar refractivity (Wildman–Crippen MR) is 72.8 cm³/mol. The molecule has 1 aliphatic rings. The van der Waals surface area contributed by atoms with Crippen LogP contribution >= 0.6 is 0 Å². The molecule has 1 aromatic carbocycles. The highest BCUT2D eigenvalue weighted by Crippen LogP contribution is 2.37. The topological polar surface area (TPSA) is 66.4 Å². The lowest BCUT2D eigenvalue weighted by Gasteiger charge is -2.16. The van der Waals surface area contributed by atoms with Crippen LogP contribution in [0, 0.1) is 30.5 Å². The SMILES string of the molecule is Cc1cc(F)ccc1NC(=O)C1CC(C)CC1C(=O)O. The van der Waals surface area contributed by atoms with E-state index < -0.39 is 17.8 Å². The van der Waals surface area contributed by atoms with E-state index in [4.69, 9.17) is 0 Å². The molecule has 1 aromatic rings. The number of anilines is 1. The number of benzene rings is 1. The van der Waals surface area contributed by atoms with E-state index in [-0.39, 0.29) is 17.6 Å². The predicted octanol–water partition coefficient (Wildman–Crippen LogP) is 2.82. The molecule has 108 valence electrons. The van der Waals surface area contributed by atoms with Gasteiger partial charge >= 0.3 is 5.97 Å². The minimum atomic E-state index is -0.926. The minimum absolute atomic E-state index is 0.223. The lowest BCUT2D eigenvalue weighted by atomic mass is 9.95. The van der Waals surface area contributed by atoms with E-state index in [2.05, 4.69) is 5.32 Å². The highest BCUT2D eigenvalue weighted by molar-refractivity contribution is 5.96. The standard InChI is InChI=1S/C15H18FNO3/c1-8-5-11(12(6-8)15(19)20)14(18)17-13-4-3-10(16)7-9(13)2/h3-4,7-8,11-12H,5-6H2,1-2H3,(H,17,18)(H,19,20). The molecule has 1 amide bonds. The van der Waals surface area contributed by atoms with Crippen LogP contribution in [0.5, 0.6) is 0 Å². The first kappa shape index (κ1) is 14.5. The van der Waals surface area contributed by atoms with Gasteiger partial charge in [-0.25, -0.2) is 4.39 Å². The van der Waals surface area contributed by atoms with Gasteiger partial charge in [-0.3, -0.25) is 9.59 Å². The molecule has 0 spiro atoms. The van der Waals surface area contributed by atoms with Gasteiger partial charge in [0.25, 0.3) is 0 Å². The van der Waals surface area contributed by atoms with Crippen molar-refractivity contribution in [3.63, 3.8) is 0 Å². The molecule has 0 heterocycles. The highest BCUT2D eigenvalue weighted by Gasteiger charge is 2.41. The molecular weight excluding hydrogens is 261 g/mol. The summed E-state index contributed by atoms with van der Waals surface area (Å²) in [4.78, 5) is 23.4. The number of aryl methyl sites for hydroxylation is 1. The number of amides is 1. The van der Waals surface area contributed by atoms with Crippen LogP contribution in [0.25, 0.3) is 0 Å². The number of carboxylic acid groups (broad SMARTS) is 1. The Hall–Kier alpha value is -1.91. The number of halogens is 1. The second-order valence-electron chi connectivity index (χ2n) is 5.58. The van der Waals surface area contributed by atoms with Crippen molar-refractivity contribution in [3.8, 4) is 0 Å². The Kier molecular flexibility index (Phi) is 4.06. The Bertz CT molecular complexity index is 544. The fourth-order valence-corrected chi connectivity index (χ4v) is 2.85. The summed E-state index contributed by atoms with van der Waals surface area (Å²) in [5.74, 6) is -2.51. The van der Waals surface area contributed by atoms with Gasteiger partial charge in [0, 0.05) is 5.69 Å². The third-order valence-corrected chi connectivity index (χ3v) is 3.90. The van der Waals surface area contributed by atoms with E-state index in [1.54, 1.807) is 6.92 Å². The van der Waals surface area contributed by atoms with E-state index >= 15 is 0 Å². The summed E-state index contributed by atoms with van der Waals surface area (Å²) in [5.41, 5.74) is 1.15. The second-order valence-corrected chi connectivity index (χ2v) is 5.58. The lowest BCUT2D eigenvalue weighted by Crippen LogP contribution is -2.30. The van der Waals surface area contributed by atoms with Crippen molar-refractivity contribution in [2.24, 2.45) is 17.8 Å². The largest absolute Gasteiger partial charge is 0.481 e. The highest BCUT2D eigenvalue weighted by atomic mass is 19.1. The molecule has 0 aromatic heterocycles. The Morgan fingerprint density at radius 1 is 1.30 bits per heavy atom. The molecule has 0 radical (unpaired) electrons. The summed E-state index contributed by atoms with van der Waals surface area (Å²) in [6.45, 7) is 3.65. The van der Waals surface area contributed by atoms with Gasteiger partial charge in [-0.05, 0) is 49.4 Å². The number of hydrogen-bond donors (Lipinski definition) is 2. The zero-order valence-corrected chi connectivity index (χ0v) is 11.5. The summed E-state index contributed by atoms with van der Waals surface area (Å²) >= 11 is 0. The molecule has 20 heavy (non-hydrogen) atoms. The summed E-state index contributed by atoms with van der Waals surface area (Å²) in [6, 6.07) is 4.10. The monoisotopic (exact) mass is 279 g/mol. The van der Waals surface area contributed by atoms with Crippen LogP contribution in [0.15, 0.2) is 18.2 Å². The molecule has 1 fully saturated rings. The average molecular weight is 279 g/mol. The third kappa shape index (κ3) is 2.98. The number of rotatable bonds is 3. The van der Waals surface area contributed by atoms with Crippen molar-refractivity contribution in [3.05, 3.63) is 29.6 Å². The zero-order valence-electron chi connectivity index (χ0n) is 11.5. The zero-order chi connectivity index (χ0) is 14.9. The van der Waals surface area contributed by atoms with Crippen molar-refractivity contribution in [2.45, 2.75) is 26.7 Å². The molecule has 4 nitrogen and oxygen atoms in total. The van der Waals surface area contributed by atoms with Crippen molar-refractivity contribution in [2.75, 3.05) is 5.32 Å². The number of carboxylic acids is 1. The molecule has 0 aliphatic heterocycles. The molecule has 2 rings (SSSR count). The van der Waals surface area contributed by atoms with Crippen molar-refractivity contribution < 1.29 is 19.1 Å². The Balaban J connectivity index is 2.13. The van der Waals surface area contributed by atoms with Gasteiger partial charge in [0.05, 0.1) is 11.8 Å². The molecule has 1 aliphatic carbocycles. The minimum Gasteiger partial charge on any atom is -0.481 e. The second kappa shape index (κ2) is 5.61. The van der Waals surface area contributed by atoms with Crippen molar-refractivity contribution in [1.82, 2.24) is 0 Å². The van der Waals surface area contributed by atoms with E-state index in [0.717, 1.165) is 0 Å². The van der Waals surface area contributed by atoms with Crippen molar-refractivity contribution >= 4 is 17.6 Å². The molecule has 1 saturated carbocycles. The quantitative estimate of drug-likeness (QED) is 0.894. The molecule has 0 saturated heterocycles. The van der Waals surface area contributed by atoms with Gasteiger partial charge in [0.15, 0.2) is 0 Å². The number of hydrogen-bond acceptors (Lipinski definition) is 2. The Labute approximate surface area is 117 Å². The van der Waals surface area contributed by atoms with E-state index in [1.807, 2.05) is 6.92 Å². The van der Waals surface area contributed by atoms with Crippen LogP contribution in [0.2, 0.25) is 0 Å². The van der Waals surface area contributed by atoms with Crippen LogP contribution in [0.1, 0.15) is 25.3 Å². The van der Waals surface area contributed by atoms with E-state index in [9.17, 15) is 19.1 Å². The number of nitrogens with one attached hydrogen (secondary N) is 1. The van der Waals surface area contributed by atoms with Gasteiger partial charge < -0.3 is 10.4 Å². The average Bonchev–Trinajstić information content (AvgIpc) is 2.75. The first-order valence-electron chi connectivity index (χ1n) is 6.68. The van der Waals surface area contributed by atoms with Gasteiger partial charge in [0.2, 0.25) is 5.91 Å². The smallest absolute Gasteiger partial charge is 0.307 e. The van der Waals surface area contributed by atoms with Crippen LogP contribution < -0.4 is 5.32 Å². The Morgan fingerprint density at radius 3 is 2.55 bits per heavy atom. The van der Waals surface area contributed by atoms with Gasteiger partial charge in [-0.15, -0.1) is 0 Å². The fraction of sp³-hybridized carbons (Fsp3) is 0.467. The third-order valence-electron chi connectivity index (χ3n) is 3.90. The van der Waals surface area contributed by atoms with Crippen LogP contribution in [-0.2, 0) is 9.59 Å². The maximum absolute atomic E-state index is 13.0. The number of aliphatic carboxylic acids is 1. The fourth-order valence-electron chi connectivity index (χ4n) is 2.85. The molecule has 5 heteroatoms. The normalized spacial score (nSPS) is 25.4. The molecule has 0 bridgehead atoms. The maximum Gasteiger partial charge on any atom is 0.307 e. The first-order chi connectivity index (χ1) is 9.38. The van der Waals surface area contributed by atoms with Crippen LogP contribution in [-0.4, -0.2) is 17.0 Å². The first-order valence-corrected chi connectivity index (χ1v) is 6.68. The van der Waals surface area contributed by atoms with Crippen LogP contribution in [0.4, 0.5) is 10.1 Å². The number of carbonyl (C=O) groups excluding carboxylic acids is 1. The molecule has 2 N–H and O–H groups in total.